The fourth-order valence-corrected chi connectivity index (χ4v) is 3.88. The number of rotatable bonds is 26. The van der Waals surface area contributed by atoms with E-state index < -0.39 is 6.10 Å². The Bertz CT molecular complexity index is 331. The van der Waals surface area contributed by atoms with Gasteiger partial charge in [-0.2, -0.15) is 0 Å². The molecular formula is C26H55NO4. The first-order chi connectivity index (χ1) is 15.2. The molecule has 2 unspecified atom stereocenters. The largest absolute Gasteiger partial charge is 0.389 e. The standard InChI is InChI=1S/C26H55NO4/c1-4-5-6-14-18-26(30-3)19-15-12-10-8-7-9-11-13-16-22-31-24-25(28)23-27-20-17-21-29-2/h25-28H,4-24H2,1-3H3. The molecule has 0 spiro atoms. The minimum absolute atomic E-state index is 0.414. The van der Waals surface area contributed by atoms with E-state index in [4.69, 9.17) is 14.2 Å². The molecule has 5 nitrogen and oxygen atoms in total. The van der Waals surface area contributed by atoms with Crippen LogP contribution in [0.4, 0.5) is 0 Å². The van der Waals surface area contributed by atoms with Gasteiger partial charge in [0.05, 0.1) is 18.8 Å². The molecule has 0 rings (SSSR count). The molecule has 0 amide bonds. The monoisotopic (exact) mass is 445 g/mol. The normalized spacial score (nSPS) is 13.5. The van der Waals surface area contributed by atoms with Gasteiger partial charge in [0.15, 0.2) is 0 Å². The molecule has 31 heavy (non-hydrogen) atoms. The van der Waals surface area contributed by atoms with Gasteiger partial charge >= 0.3 is 0 Å². The van der Waals surface area contributed by atoms with Crippen molar-refractivity contribution < 1.29 is 19.3 Å². The van der Waals surface area contributed by atoms with Crippen LogP contribution in [0.25, 0.3) is 0 Å². The van der Waals surface area contributed by atoms with Crippen molar-refractivity contribution in [2.24, 2.45) is 0 Å². The minimum atomic E-state index is -0.414. The highest BCUT2D eigenvalue weighted by atomic mass is 16.5. The Balaban J connectivity index is 3.25. The van der Waals surface area contributed by atoms with Crippen molar-refractivity contribution >= 4 is 0 Å². The van der Waals surface area contributed by atoms with Crippen LogP contribution in [0.5, 0.6) is 0 Å². The highest BCUT2D eigenvalue weighted by molar-refractivity contribution is 4.60. The maximum Gasteiger partial charge on any atom is 0.0897 e. The summed E-state index contributed by atoms with van der Waals surface area (Å²) in [6.45, 7) is 5.68. The highest BCUT2D eigenvalue weighted by Gasteiger charge is 2.06. The first-order valence-corrected chi connectivity index (χ1v) is 13.2. The second-order valence-corrected chi connectivity index (χ2v) is 8.96. The second kappa shape index (κ2) is 26.1. The predicted molar refractivity (Wildman–Crippen MR) is 132 cm³/mol. The molecule has 188 valence electrons. The summed E-state index contributed by atoms with van der Waals surface area (Å²) in [7, 11) is 3.58. The SMILES string of the molecule is CCCCCCC(CCCCCCCCCCCOCC(O)CNCCCOC)OC. The molecule has 2 N–H and O–H groups in total. The first-order valence-electron chi connectivity index (χ1n) is 13.2. The van der Waals surface area contributed by atoms with Gasteiger partial charge in [0.1, 0.15) is 0 Å². The summed E-state index contributed by atoms with van der Waals surface area (Å²) >= 11 is 0. The van der Waals surface area contributed by atoms with Crippen molar-refractivity contribution in [3.8, 4) is 0 Å². The highest BCUT2D eigenvalue weighted by Crippen LogP contribution is 2.16. The van der Waals surface area contributed by atoms with Crippen LogP contribution in [0.2, 0.25) is 0 Å². The van der Waals surface area contributed by atoms with Gasteiger partial charge in [-0.1, -0.05) is 84.0 Å². The summed E-state index contributed by atoms with van der Waals surface area (Å²) < 4.78 is 16.2. The van der Waals surface area contributed by atoms with Crippen molar-refractivity contribution in [1.82, 2.24) is 5.32 Å². The second-order valence-electron chi connectivity index (χ2n) is 8.96. The third kappa shape index (κ3) is 24.3. The molecule has 0 saturated carbocycles. The Morgan fingerprint density at radius 1 is 0.710 bits per heavy atom. The molecule has 0 radical (unpaired) electrons. The Morgan fingerprint density at radius 2 is 1.29 bits per heavy atom. The zero-order chi connectivity index (χ0) is 22.8. The summed E-state index contributed by atoms with van der Waals surface area (Å²) in [5, 5.41) is 13.1. The van der Waals surface area contributed by atoms with Crippen LogP contribution in [-0.4, -0.2) is 64.4 Å². The summed E-state index contributed by atoms with van der Waals surface area (Å²) in [6, 6.07) is 0. The fraction of sp³-hybridized carbons (Fsp3) is 1.00. The van der Waals surface area contributed by atoms with Gasteiger partial charge in [-0.05, 0) is 32.2 Å². The molecule has 2 atom stereocenters. The third-order valence-corrected chi connectivity index (χ3v) is 5.92. The van der Waals surface area contributed by atoms with E-state index in [9.17, 15) is 5.11 Å². The number of methoxy groups -OCH3 is 2. The van der Waals surface area contributed by atoms with Crippen LogP contribution in [0.3, 0.4) is 0 Å². The molecule has 0 aliphatic carbocycles. The molecule has 0 bridgehead atoms. The summed E-state index contributed by atoms with van der Waals surface area (Å²) in [4.78, 5) is 0. The van der Waals surface area contributed by atoms with E-state index >= 15 is 0 Å². The van der Waals surface area contributed by atoms with Gasteiger partial charge in [-0.15, -0.1) is 0 Å². The molecule has 0 aromatic carbocycles. The lowest BCUT2D eigenvalue weighted by atomic mass is 10.0. The molecular weight excluding hydrogens is 390 g/mol. The Labute approximate surface area is 194 Å². The van der Waals surface area contributed by atoms with Gasteiger partial charge in [-0.3, -0.25) is 0 Å². The molecule has 0 fully saturated rings. The van der Waals surface area contributed by atoms with Crippen LogP contribution in [-0.2, 0) is 14.2 Å². The Kier molecular flexibility index (Phi) is 25.9. The van der Waals surface area contributed by atoms with Crippen molar-refractivity contribution in [2.45, 2.75) is 122 Å². The fourth-order valence-electron chi connectivity index (χ4n) is 3.88. The summed E-state index contributed by atoms with van der Waals surface area (Å²) in [5.74, 6) is 0. The lowest BCUT2D eigenvalue weighted by Gasteiger charge is -2.15. The zero-order valence-corrected chi connectivity index (χ0v) is 21.2. The number of nitrogens with one attached hydrogen (secondary N) is 1. The first kappa shape index (κ1) is 30.8. The summed E-state index contributed by atoms with van der Waals surface area (Å²) in [5.41, 5.74) is 0. The average molecular weight is 446 g/mol. The Morgan fingerprint density at radius 3 is 1.87 bits per heavy atom. The zero-order valence-electron chi connectivity index (χ0n) is 21.2. The van der Waals surface area contributed by atoms with Crippen molar-refractivity contribution in [1.29, 1.82) is 0 Å². The number of unbranched alkanes of at least 4 members (excludes halogenated alkanes) is 11. The van der Waals surface area contributed by atoms with Crippen molar-refractivity contribution in [2.75, 3.05) is 47.1 Å². The van der Waals surface area contributed by atoms with Gasteiger partial charge in [-0.25, -0.2) is 0 Å². The minimum Gasteiger partial charge on any atom is -0.389 e. The van der Waals surface area contributed by atoms with Crippen LogP contribution >= 0.6 is 0 Å². The number of aliphatic hydroxyl groups is 1. The quantitative estimate of drug-likeness (QED) is 0.163. The van der Waals surface area contributed by atoms with E-state index in [0.29, 0.717) is 19.3 Å². The van der Waals surface area contributed by atoms with Gasteiger partial charge < -0.3 is 24.6 Å². The van der Waals surface area contributed by atoms with Gasteiger partial charge in [0, 0.05) is 34.0 Å². The molecule has 0 aromatic heterocycles. The lowest BCUT2D eigenvalue weighted by Crippen LogP contribution is -2.31. The maximum atomic E-state index is 9.84. The molecule has 0 aliphatic rings. The van der Waals surface area contributed by atoms with Crippen LogP contribution in [0, 0.1) is 0 Å². The van der Waals surface area contributed by atoms with E-state index in [1.807, 2.05) is 7.11 Å². The lowest BCUT2D eigenvalue weighted by molar-refractivity contribution is 0.0353. The van der Waals surface area contributed by atoms with Crippen LogP contribution < -0.4 is 5.32 Å². The van der Waals surface area contributed by atoms with Crippen LogP contribution in [0.15, 0.2) is 0 Å². The smallest absolute Gasteiger partial charge is 0.0897 e. The van der Waals surface area contributed by atoms with Gasteiger partial charge in [0.2, 0.25) is 0 Å². The molecule has 0 saturated heterocycles. The van der Waals surface area contributed by atoms with E-state index in [-0.39, 0.29) is 0 Å². The maximum absolute atomic E-state index is 9.84. The molecule has 0 aliphatic heterocycles. The summed E-state index contributed by atoms with van der Waals surface area (Å²) in [6.07, 6.45) is 20.6. The van der Waals surface area contributed by atoms with E-state index in [1.165, 1.54) is 89.9 Å². The van der Waals surface area contributed by atoms with Gasteiger partial charge in [0.25, 0.3) is 0 Å². The topological polar surface area (TPSA) is 60.0 Å². The van der Waals surface area contributed by atoms with E-state index in [0.717, 1.165) is 32.6 Å². The van der Waals surface area contributed by atoms with Crippen LogP contribution in [0.1, 0.15) is 110 Å². The van der Waals surface area contributed by atoms with Crippen molar-refractivity contribution in [3.05, 3.63) is 0 Å². The number of aliphatic hydroxyl groups excluding tert-OH is 1. The number of hydrogen-bond acceptors (Lipinski definition) is 5. The number of ether oxygens (including phenoxy) is 3. The number of hydrogen-bond donors (Lipinski definition) is 2. The van der Waals surface area contributed by atoms with Crippen molar-refractivity contribution in [3.63, 3.8) is 0 Å². The van der Waals surface area contributed by atoms with E-state index in [1.54, 1.807) is 7.11 Å². The molecule has 5 heteroatoms. The predicted octanol–water partition coefficient (Wildman–Crippen LogP) is 5.88. The van der Waals surface area contributed by atoms with E-state index in [2.05, 4.69) is 12.2 Å². The molecule has 0 aromatic rings. The Hall–Kier alpha value is -0.200. The molecule has 0 heterocycles. The average Bonchev–Trinajstić information content (AvgIpc) is 2.78. The third-order valence-electron chi connectivity index (χ3n) is 5.92.